The zero-order chi connectivity index (χ0) is 19.7. The summed E-state index contributed by atoms with van der Waals surface area (Å²) in [4.78, 5) is 12.4. The second-order valence-corrected chi connectivity index (χ2v) is 9.87. The monoisotopic (exact) mass is 399 g/mol. The van der Waals surface area contributed by atoms with Crippen molar-refractivity contribution in [3.63, 3.8) is 0 Å². The van der Waals surface area contributed by atoms with Crippen LogP contribution in [0.5, 0.6) is 0 Å². The van der Waals surface area contributed by atoms with Gasteiger partial charge in [0, 0.05) is 17.8 Å². The highest BCUT2D eigenvalue weighted by Gasteiger charge is 2.61. The number of aromatic amines is 1. The number of hydrogen-bond acceptors (Lipinski definition) is 6. The van der Waals surface area contributed by atoms with E-state index in [0.717, 1.165) is 17.1 Å². The molecular formula is C19H21N5O3S. The number of benzene rings is 1. The van der Waals surface area contributed by atoms with Crippen LogP contribution in [0.2, 0.25) is 0 Å². The molecule has 146 valence electrons. The molecule has 2 aliphatic rings. The lowest BCUT2D eigenvalue weighted by atomic mass is 10.0. The number of aromatic nitrogens is 4. The highest BCUT2D eigenvalue weighted by molar-refractivity contribution is 7.89. The van der Waals surface area contributed by atoms with E-state index in [4.69, 9.17) is 9.66 Å². The van der Waals surface area contributed by atoms with Gasteiger partial charge in [0.1, 0.15) is 11.5 Å². The van der Waals surface area contributed by atoms with Gasteiger partial charge in [0.15, 0.2) is 5.82 Å². The fraction of sp³-hybridized carbons (Fsp3) is 0.421. The van der Waals surface area contributed by atoms with Gasteiger partial charge >= 0.3 is 0 Å². The fourth-order valence-electron chi connectivity index (χ4n) is 4.09. The Morgan fingerprint density at radius 3 is 2.54 bits per heavy atom. The van der Waals surface area contributed by atoms with E-state index < -0.39 is 10.0 Å². The first kappa shape index (κ1) is 17.6. The molecule has 2 atom stereocenters. The maximum atomic E-state index is 11.5. The molecule has 0 unspecified atom stereocenters. The van der Waals surface area contributed by atoms with Gasteiger partial charge in [0.05, 0.1) is 11.1 Å². The molecule has 9 heteroatoms. The quantitative estimate of drug-likeness (QED) is 0.679. The molecule has 0 amide bonds. The summed E-state index contributed by atoms with van der Waals surface area (Å²) in [6.45, 7) is 4.29. The molecule has 28 heavy (non-hydrogen) atoms. The van der Waals surface area contributed by atoms with E-state index in [0.29, 0.717) is 17.6 Å². The Labute approximate surface area is 162 Å². The highest BCUT2D eigenvalue weighted by atomic mass is 32.2. The smallest absolute Gasteiger partial charge is 0.275 e. The van der Waals surface area contributed by atoms with E-state index in [1.807, 2.05) is 12.1 Å². The second kappa shape index (κ2) is 5.74. The number of imidazole rings is 1. The van der Waals surface area contributed by atoms with Crippen LogP contribution in [0.1, 0.15) is 61.7 Å². The van der Waals surface area contributed by atoms with Crippen molar-refractivity contribution in [1.29, 1.82) is 0 Å². The molecule has 0 spiro atoms. The van der Waals surface area contributed by atoms with Gasteiger partial charge in [-0.2, -0.15) is 4.98 Å². The van der Waals surface area contributed by atoms with Crippen LogP contribution in [0, 0.1) is 5.41 Å². The van der Waals surface area contributed by atoms with Crippen LogP contribution in [0.25, 0.3) is 11.6 Å². The Balaban J connectivity index is 1.40. The summed E-state index contributed by atoms with van der Waals surface area (Å²) in [5.74, 6) is 2.88. The first-order valence-electron chi connectivity index (χ1n) is 9.27. The predicted molar refractivity (Wildman–Crippen MR) is 101 cm³/mol. The van der Waals surface area contributed by atoms with Gasteiger partial charge < -0.3 is 9.51 Å². The van der Waals surface area contributed by atoms with Crippen molar-refractivity contribution in [2.45, 2.75) is 49.3 Å². The lowest BCUT2D eigenvalue weighted by molar-refractivity contribution is 0.418. The molecule has 0 aliphatic heterocycles. The van der Waals surface area contributed by atoms with Gasteiger partial charge in [-0.3, -0.25) is 0 Å². The first-order valence-corrected chi connectivity index (χ1v) is 10.8. The molecule has 3 N–H and O–H groups in total. The molecule has 0 saturated heterocycles. The normalized spacial score (nSPS) is 23.7. The van der Waals surface area contributed by atoms with Gasteiger partial charge in [0.2, 0.25) is 10.0 Å². The number of nitrogens with zero attached hydrogens (tertiary/aromatic N) is 3. The number of sulfonamides is 1. The van der Waals surface area contributed by atoms with Gasteiger partial charge in [-0.05, 0) is 36.0 Å². The number of rotatable bonds is 5. The molecule has 3 aromatic rings. The summed E-state index contributed by atoms with van der Waals surface area (Å²) in [7, 11) is -3.70. The summed E-state index contributed by atoms with van der Waals surface area (Å²) in [5, 5.41) is 9.39. The van der Waals surface area contributed by atoms with Crippen LogP contribution in [0.3, 0.4) is 0 Å². The molecule has 2 fully saturated rings. The topological polar surface area (TPSA) is 128 Å². The van der Waals surface area contributed by atoms with Crippen molar-refractivity contribution < 1.29 is 12.9 Å². The number of H-pyrrole nitrogens is 1. The number of hydrogen-bond donors (Lipinski definition) is 2. The number of nitrogens with one attached hydrogen (secondary N) is 1. The maximum Gasteiger partial charge on any atom is 0.275 e. The van der Waals surface area contributed by atoms with Crippen LogP contribution in [0.4, 0.5) is 0 Å². The molecule has 2 aliphatic carbocycles. The van der Waals surface area contributed by atoms with Crippen LogP contribution >= 0.6 is 0 Å². The van der Waals surface area contributed by atoms with E-state index in [2.05, 4.69) is 34.0 Å². The molecule has 1 aromatic carbocycles. The largest absolute Gasteiger partial charge is 0.338 e. The van der Waals surface area contributed by atoms with Crippen molar-refractivity contribution in [3.05, 3.63) is 47.7 Å². The van der Waals surface area contributed by atoms with E-state index in [-0.39, 0.29) is 22.1 Å². The highest BCUT2D eigenvalue weighted by Crippen LogP contribution is 2.69. The Kier molecular flexibility index (Phi) is 3.60. The average Bonchev–Trinajstić information content (AvgIpc) is 3.41. The molecule has 2 heterocycles. The number of primary sulfonamides is 1. The Morgan fingerprint density at radius 1 is 1.18 bits per heavy atom. The second-order valence-electron chi connectivity index (χ2n) is 8.30. The molecule has 0 radical (unpaired) electrons. The molecule has 8 nitrogen and oxygen atoms in total. The average molecular weight is 399 g/mol. The summed E-state index contributed by atoms with van der Waals surface area (Å²) < 4.78 is 28.4. The predicted octanol–water partition coefficient (Wildman–Crippen LogP) is 2.89. The summed E-state index contributed by atoms with van der Waals surface area (Å²) in [5.41, 5.74) is 1.72. The Morgan fingerprint density at radius 2 is 1.89 bits per heavy atom. The van der Waals surface area contributed by atoms with Crippen molar-refractivity contribution >= 4 is 10.0 Å². The van der Waals surface area contributed by atoms with E-state index in [9.17, 15) is 8.42 Å². The third-order valence-corrected chi connectivity index (χ3v) is 6.83. The van der Waals surface area contributed by atoms with Crippen LogP contribution in [-0.2, 0) is 10.0 Å². The Bertz CT molecular complexity index is 1140. The zero-order valence-electron chi connectivity index (χ0n) is 15.6. The van der Waals surface area contributed by atoms with Gasteiger partial charge in [-0.1, -0.05) is 31.1 Å². The van der Waals surface area contributed by atoms with Crippen LogP contribution < -0.4 is 5.14 Å². The van der Waals surface area contributed by atoms with Crippen molar-refractivity contribution in [2.75, 3.05) is 0 Å². The van der Waals surface area contributed by atoms with Crippen LogP contribution in [-0.4, -0.2) is 28.5 Å². The SMILES string of the molecule is CC1(C)[C@@H](c2ccc(S(N)(=O)=O)cc2)[C@@H]1c1noc(-c2cnc(C3CC3)[nH]2)n1. The molecule has 2 aromatic heterocycles. The van der Waals surface area contributed by atoms with Gasteiger partial charge in [-0.15, -0.1) is 0 Å². The van der Waals surface area contributed by atoms with Crippen molar-refractivity contribution in [1.82, 2.24) is 20.1 Å². The van der Waals surface area contributed by atoms with E-state index in [1.165, 1.54) is 12.8 Å². The zero-order valence-corrected chi connectivity index (χ0v) is 16.4. The third kappa shape index (κ3) is 2.85. The minimum atomic E-state index is -3.70. The van der Waals surface area contributed by atoms with Gasteiger partial charge in [0.25, 0.3) is 5.89 Å². The number of nitrogens with two attached hydrogens (primary N) is 1. The first-order chi connectivity index (χ1) is 13.2. The van der Waals surface area contributed by atoms with E-state index >= 15 is 0 Å². The maximum absolute atomic E-state index is 11.5. The van der Waals surface area contributed by atoms with Crippen LogP contribution in [0.15, 0.2) is 39.9 Å². The lowest BCUT2D eigenvalue weighted by Gasteiger charge is -2.04. The summed E-state index contributed by atoms with van der Waals surface area (Å²) in [6, 6.07) is 6.71. The third-order valence-electron chi connectivity index (χ3n) is 5.90. The van der Waals surface area contributed by atoms with Gasteiger partial charge in [-0.25, -0.2) is 18.5 Å². The molecule has 2 saturated carbocycles. The summed E-state index contributed by atoms with van der Waals surface area (Å²) in [6.07, 6.45) is 4.08. The Hall–Kier alpha value is -2.52. The minimum absolute atomic E-state index is 0.0581. The fourth-order valence-corrected chi connectivity index (χ4v) is 4.60. The summed E-state index contributed by atoms with van der Waals surface area (Å²) >= 11 is 0. The minimum Gasteiger partial charge on any atom is -0.338 e. The molecule has 0 bridgehead atoms. The lowest BCUT2D eigenvalue weighted by Crippen LogP contribution is -2.11. The van der Waals surface area contributed by atoms with Crippen molar-refractivity contribution in [2.24, 2.45) is 10.6 Å². The van der Waals surface area contributed by atoms with Crippen molar-refractivity contribution in [3.8, 4) is 11.6 Å². The molecular weight excluding hydrogens is 378 g/mol. The molecule has 5 rings (SSSR count). The van der Waals surface area contributed by atoms with E-state index in [1.54, 1.807) is 18.3 Å². The standard InChI is InChI=1S/C19H21N5O3S/c1-19(2)14(10-5-7-12(8-6-10)28(20,25)26)15(19)17-23-18(27-24-17)13-9-21-16(22-13)11-3-4-11/h5-9,11,14-15H,3-4H2,1-2H3,(H,21,22)(H2,20,25,26)/t14-,15+/m0/s1.